The molecule has 5 atom stereocenters. The highest BCUT2D eigenvalue weighted by atomic mass is 31.2. The molecule has 9 nitrogen and oxygen atoms in total. The lowest BCUT2D eigenvalue weighted by Crippen LogP contribution is -2.49. The van der Waals surface area contributed by atoms with E-state index in [1.807, 2.05) is 0 Å². The number of hydrogen-bond acceptors (Lipinski definition) is 7. The number of aliphatic hydroxyl groups excluding tert-OH is 5. The predicted octanol–water partition coefficient (Wildman–Crippen LogP) is -3.88. The maximum absolute atomic E-state index is 10.5. The largest absolute Gasteiger partial charge is 0.387 e. The molecule has 7 N–H and O–H groups in total. The lowest BCUT2D eigenvalue weighted by Gasteiger charge is -2.27. The Morgan fingerprint density at radius 2 is 1.31 bits per heavy atom. The maximum atomic E-state index is 10.5. The normalized spacial score (nSPS) is 21.9. The van der Waals surface area contributed by atoms with Gasteiger partial charge in [0.2, 0.25) is 0 Å². The molecule has 16 heavy (non-hydrogen) atoms. The molecule has 0 spiro atoms. The molecule has 0 aromatic carbocycles. The van der Waals surface area contributed by atoms with Gasteiger partial charge in [0, 0.05) is 0 Å². The number of aldehydes is 1. The lowest BCUT2D eigenvalue weighted by molar-refractivity contribution is -0.139. The number of rotatable bonds is 6. The van der Waals surface area contributed by atoms with Crippen molar-refractivity contribution < 1.29 is 44.7 Å². The van der Waals surface area contributed by atoms with Crippen molar-refractivity contribution in [3.05, 3.63) is 0 Å². The summed E-state index contributed by atoms with van der Waals surface area (Å²) >= 11 is 0. The van der Waals surface area contributed by atoms with Crippen molar-refractivity contribution >= 4 is 13.9 Å². The zero-order valence-corrected chi connectivity index (χ0v) is 8.75. The van der Waals surface area contributed by atoms with Crippen LogP contribution in [-0.2, 0) is 9.36 Å². The number of aliphatic hydroxyl groups is 5. The second-order valence-electron chi connectivity index (χ2n) is 3.10. The van der Waals surface area contributed by atoms with Crippen LogP contribution < -0.4 is 0 Å². The minimum absolute atomic E-state index is 0.148. The van der Waals surface area contributed by atoms with Crippen molar-refractivity contribution in [2.45, 2.75) is 30.3 Å². The lowest BCUT2D eigenvalue weighted by atomic mass is 10.0. The summed E-state index contributed by atoms with van der Waals surface area (Å²) in [5.74, 6) is -2.63. The first-order chi connectivity index (χ1) is 7.12. The van der Waals surface area contributed by atoms with E-state index in [0.717, 1.165) is 0 Å². The molecule has 0 radical (unpaired) electrons. The molecule has 0 bridgehead atoms. The Balaban J connectivity index is 4.67. The standard InChI is InChI=1S/C6H13O9P/c7-1-2(8)3(9)4(10)5(11)6(12)16(13,14)15/h1-6,8-12H,(H2,13,14,15)/t2-,3+,4-,5-,6?/m0/s1. The maximum Gasteiger partial charge on any atom is 0.356 e. The molecule has 0 aliphatic carbocycles. The van der Waals surface area contributed by atoms with Crippen LogP contribution >= 0.6 is 7.60 Å². The Labute approximate surface area is 89.7 Å². The molecule has 0 fully saturated rings. The molecule has 0 heterocycles. The zero-order valence-electron chi connectivity index (χ0n) is 7.86. The van der Waals surface area contributed by atoms with Gasteiger partial charge >= 0.3 is 7.60 Å². The third-order valence-electron chi connectivity index (χ3n) is 1.84. The summed E-state index contributed by atoms with van der Waals surface area (Å²) in [6.45, 7) is 0. The Morgan fingerprint density at radius 1 is 0.875 bits per heavy atom. The molecular formula is C6H13O9P. The molecule has 10 heteroatoms. The summed E-state index contributed by atoms with van der Waals surface area (Å²) < 4.78 is 10.5. The van der Waals surface area contributed by atoms with Crippen molar-refractivity contribution in [3.63, 3.8) is 0 Å². The Kier molecular flexibility index (Phi) is 5.66. The van der Waals surface area contributed by atoms with E-state index in [0.29, 0.717) is 0 Å². The summed E-state index contributed by atoms with van der Waals surface area (Å²) in [6, 6.07) is 0. The van der Waals surface area contributed by atoms with E-state index in [9.17, 15) is 9.36 Å². The van der Waals surface area contributed by atoms with Gasteiger partial charge in [0.05, 0.1) is 0 Å². The minimum atomic E-state index is -5.08. The van der Waals surface area contributed by atoms with Crippen LogP contribution in [0.1, 0.15) is 0 Å². The van der Waals surface area contributed by atoms with E-state index < -0.39 is 37.9 Å². The average molecular weight is 260 g/mol. The van der Waals surface area contributed by atoms with Crippen LogP contribution in [0.2, 0.25) is 0 Å². The van der Waals surface area contributed by atoms with Gasteiger partial charge in [-0.15, -0.1) is 0 Å². The van der Waals surface area contributed by atoms with E-state index in [-0.39, 0.29) is 6.29 Å². The second kappa shape index (κ2) is 5.80. The van der Waals surface area contributed by atoms with Gasteiger partial charge in [0.1, 0.15) is 24.4 Å². The van der Waals surface area contributed by atoms with E-state index in [1.54, 1.807) is 0 Å². The van der Waals surface area contributed by atoms with Crippen molar-refractivity contribution in [2.75, 3.05) is 0 Å². The third-order valence-corrected chi connectivity index (χ3v) is 2.83. The van der Waals surface area contributed by atoms with E-state index >= 15 is 0 Å². The fourth-order valence-electron chi connectivity index (χ4n) is 0.860. The fourth-order valence-corrected chi connectivity index (χ4v) is 1.43. The van der Waals surface area contributed by atoms with Gasteiger partial charge in [-0.1, -0.05) is 0 Å². The van der Waals surface area contributed by atoms with Crippen molar-refractivity contribution in [1.29, 1.82) is 0 Å². The predicted molar refractivity (Wildman–Crippen MR) is 48.1 cm³/mol. The smallest absolute Gasteiger partial charge is 0.356 e. The molecule has 0 saturated heterocycles. The van der Waals surface area contributed by atoms with Gasteiger partial charge in [-0.05, 0) is 0 Å². The quantitative estimate of drug-likeness (QED) is 0.186. The molecule has 1 unspecified atom stereocenters. The Hall–Kier alpha value is -0.380. The van der Waals surface area contributed by atoms with Crippen LogP contribution in [0.15, 0.2) is 0 Å². The number of carbonyl (C=O) groups is 1. The minimum Gasteiger partial charge on any atom is -0.387 e. The first kappa shape index (κ1) is 15.6. The van der Waals surface area contributed by atoms with Crippen LogP contribution in [0.25, 0.3) is 0 Å². The summed E-state index contributed by atoms with van der Waals surface area (Å²) in [4.78, 5) is 26.9. The number of carbonyl (C=O) groups excluding carboxylic acids is 1. The van der Waals surface area contributed by atoms with Gasteiger partial charge in [-0.2, -0.15) is 0 Å². The second-order valence-corrected chi connectivity index (χ2v) is 4.81. The molecule has 0 saturated carbocycles. The third kappa shape index (κ3) is 3.89. The van der Waals surface area contributed by atoms with Crippen LogP contribution in [0.5, 0.6) is 0 Å². The van der Waals surface area contributed by atoms with E-state index in [1.165, 1.54) is 0 Å². The van der Waals surface area contributed by atoms with Gasteiger partial charge < -0.3 is 40.1 Å². The topological polar surface area (TPSA) is 176 Å². The summed E-state index contributed by atoms with van der Waals surface area (Å²) in [6.07, 6.45) is -9.07. The monoisotopic (exact) mass is 260 g/mol. The highest BCUT2D eigenvalue weighted by Crippen LogP contribution is 2.42. The van der Waals surface area contributed by atoms with Crippen molar-refractivity contribution in [2.24, 2.45) is 0 Å². The van der Waals surface area contributed by atoms with E-state index in [2.05, 4.69) is 0 Å². The molecule has 0 rings (SSSR count). The molecule has 0 aliphatic rings. The first-order valence-electron chi connectivity index (χ1n) is 4.03. The van der Waals surface area contributed by atoms with Gasteiger partial charge in [0.25, 0.3) is 0 Å². The average Bonchev–Trinajstić information content (AvgIpc) is 2.22. The molecule has 0 aromatic rings. The molecular weight excluding hydrogens is 247 g/mol. The summed E-state index contributed by atoms with van der Waals surface area (Å²) in [5.41, 5.74) is 0. The van der Waals surface area contributed by atoms with Crippen LogP contribution in [0.3, 0.4) is 0 Å². The van der Waals surface area contributed by atoms with Gasteiger partial charge in [-0.3, -0.25) is 4.57 Å². The van der Waals surface area contributed by atoms with Crippen molar-refractivity contribution in [3.8, 4) is 0 Å². The zero-order chi connectivity index (χ0) is 13.1. The van der Waals surface area contributed by atoms with Gasteiger partial charge in [-0.25, -0.2) is 0 Å². The SMILES string of the molecule is O=C[C@H](O)[C@@H](O)[C@H](O)[C@H](O)C(O)P(=O)(O)O. The first-order valence-corrected chi connectivity index (χ1v) is 5.72. The Bertz CT molecular complexity index is 275. The number of hydrogen-bond donors (Lipinski definition) is 7. The molecule has 96 valence electrons. The van der Waals surface area contributed by atoms with Crippen LogP contribution in [0, 0.1) is 0 Å². The summed E-state index contributed by atoms with van der Waals surface area (Å²) in [5, 5.41) is 44.8. The van der Waals surface area contributed by atoms with E-state index in [4.69, 9.17) is 35.3 Å². The highest BCUT2D eigenvalue weighted by Gasteiger charge is 2.41. The molecule has 0 aromatic heterocycles. The molecule has 0 aliphatic heterocycles. The Morgan fingerprint density at radius 3 is 1.62 bits per heavy atom. The van der Waals surface area contributed by atoms with Gasteiger partial charge in [0.15, 0.2) is 12.1 Å². The highest BCUT2D eigenvalue weighted by molar-refractivity contribution is 7.52. The van der Waals surface area contributed by atoms with Crippen LogP contribution in [0.4, 0.5) is 0 Å². The molecule has 0 amide bonds. The van der Waals surface area contributed by atoms with Crippen molar-refractivity contribution in [1.82, 2.24) is 0 Å². The van der Waals surface area contributed by atoms with Crippen LogP contribution in [-0.4, -0.2) is 71.9 Å². The fraction of sp³-hybridized carbons (Fsp3) is 0.833. The summed E-state index contributed by atoms with van der Waals surface area (Å²) in [7, 11) is -5.08.